The van der Waals surface area contributed by atoms with Gasteiger partial charge in [-0.2, -0.15) is 5.10 Å². The van der Waals surface area contributed by atoms with E-state index in [4.69, 9.17) is 22.2 Å². The topological polar surface area (TPSA) is 65.1 Å². The van der Waals surface area contributed by atoms with Crippen molar-refractivity contribution in [3.63, 3.8) is 0 Å². The first-order valence-corrected chi connectivity index (χ1v) is 6.83. The van der Waals surface area contributed by atoms with Crippen LogP contribution in [0.15, 0.2) is 36.5 Å². The number of rotatable bonds is 6. The summed E-state index contributed by atoms with van der Waals surface area (Å²) in [6, 6.07) is 9.25. The highest BCUT2D eigenvalue weighted by molar-refractivity contribution is 6.30. The molecular weight excluding hydrogens is 276 g/mol. The van der Waals surface area contributed by atoms with Crippen molar-refractivity contribution in [1.29, 1.82) is 0 Å². The number of benzene rings is 1. The summed E-state index contributed by atoms with van der Waals surface area (Å²) in [6.07, 6.45) is 2.49. The fourth-order valence-corrected chi connectivity index (χ4v) is 2.18. The van der Waals surface area contributed by atoms with E-state index in [1.54, 1.807) is 10.7 Å². The average molecular weight is 295 g/mol. The van der Waals surface area contributed by atoms with Gasteiger partial charge in [-0.15, -0.1) is 0 Å². The molecule has 3 N–H and O–H groups in total. The van der Waals surface area contributed by atoms with Gasteiger partial charge in [-0.25, -0.2) is 0 Å². The summed E-state index contributed by atoms with van der Waals surface area (Å²) >= 11 is 5.94. The lowest BCUT2D eigenvalue weighted by Crippen LogP contribution is -2.46. The number of aromatic nitrogens is 2. The minimum atomic E-state index is -0.111. The monoisotopic (exact) mass is 294 g/mol. The molecule has 0 aliphatic rings. The van der Waals surface area contributed by atoms with Crippen LogP contribution >= 0.6 is 11.6 Å². The summed E-state index contributed by atoms with van der Waals surface area (Å²) in [5.41, 5.74) is 3.76. The number of nitrogens with zero attached hydrogens (tertiary/aromatic N) is 2. The Morgan fingerprint density at radius 1 is 1.45 bits per heavy atom. The lowest BCUT2D eigenvalue weighted by atomic mass is 10.1. The van der Waals surface area contributed by atoms with Crippen molar-refractivity contribution in [2.75, 3.05) is 0 Å². The molecule has 0 saturated heterocycles. The third-order valence-electron chi connectivity index (χ3n) is 3.10. The van der Waals surface area contributed by atoms with E-state index in [1.807, 2.05) is 44.4 Å². The number of hydrogen-bond donors (Lipinski definition) is 2. The van der Waals surface area contributed by atoms with Gasteiger partial charge in [-0.3, -0.25) is 16.0 Å². The molecule has 5 nitrogen and oxygen atoms in total. The molecular formula is C14H19ClN4O. The zero-order chi connectivity index (χ0) is 14.5. The first-order valence-electron chi connectivity index (χ1n) is 6.45. The van der Waals surface area contributed by atoms with Crippen molar-refractivity contribution in [3.05, 3.63) is 47.2 Å². The predicted molar refractivity (Wildman–Crippen MR) is 79.6 cm³/mol. The van der Waals surface area contributed by atoms with Crippen LogP contribution in [0.25, 0.3) is 0 Å². The van der Waals surface area contributed by atoms with Crippen LogP contribution in [0.2, 0.25) is 5.02 Å². The molecule has 0 fully saturated rings. The van der Waals surface area contributed by atoms with Crippen molar-refractivity contribution < 1.29 is 4.74 Å². The SMILES string of the molecule is CC(Oc1cccc(Cl)c1)C(Cc1ccn(C)n1)NN. The second-order valence-corrected chi connectivity index (χ2v) is 5.17. The second kappa shape index (κ2) is 6.74. The van der Waals surface area contributed by atoms with E-state index in [0.29, 0.717) is 11.4 Å². The Morgan fingerprint density at radius 2 is 2.25 bits per heavy atom. The number of halogens is 1. The van der Waals surface area contributed by atoms with Gasteiger partial charge in [0.25, 0.3) is 0 Å². The predicted octanol–water partition coefficient (Wildman–Crippen LogP) is 1.92. The van der Waals surface area contributed by atoms with Crippen LogP contribution in [-0.2, 0) is 13.5 Å². The van der Waals surface area contributed by atoms with Crippen molar-refractivity contribution in [1.82, 2.24) is 15.2 Å². The van der Waals surface area contributed by atoms with Crippen LogP contribution in [0.1, 0.15) is 12.6 Å². The highest BCUT2D eigenvalue weighted by Gasteiger charge is 2.19. The molecule has 0 radical (unpaired) electrons. The van der Waals surface area contributed by atoms with Gasteiger partial charge < -0.3 is 4.74 Å². The van der Waals surface area contributed by atoms with E-state index in [9.17, 15) is 0 Å². The molecule has 2 atom stereocenters. The minimum absolute atomic E-state index is 0.0381. The third kappa shape index (κ3) is 3.96. The van der Waals surface area contributed by atoms with E-state index in [-0.39, 0.29) is 12.1 Å². The fraction of sp³-hybridized carbons (Fsp3) is 0.357. The fourth-order valence-electron chi connectivity index (χ4n) is 1.99. The van der Waals surface area contributed by atoms with Crippen molar-refractivity contribution in [2.24, 2.45) is 12.9 Å². The Bertz CT molecular complexity index is 558. The normalized spacial score (nSPS) is 14.0. The molecule has 0 aliphatic carbocycles. The molecule has 2 rings (SSSR count). The van der Waals surface area contributed by atoms with Crippen LogP contribution in [0.3, 0.4) is 0 Å². The Balaban J connectivity index is 1.99. The van der Waals surface area contributed by atoms with E-state index < -0.39 is 0 Å². The maximum absolute atomic E-state index is 5.94. The van der Waals surface area contributed by atoms with Crippen LogP contribution in [0.5, 0.6) is 5.75 Å². The zero-order valence-corrected chi connectivity index (χ0v) is 12.3. The molecule has 20 heavy (non-hydrogen) atoms. The molecule has 108 valence electrons. The first-order chi connectivity index (χ1) is 9.58. The van der Waals surface area contributed by atoms with Crippen molar-refractivity contribution in [2.45, 2.75) is 25.5 Å². The third-order valence-corrected chi connectivity index (χ3v) is 3.33. The maximum Gasteiger partial charge on any atom is 0.121 e. The number of nitrogens with one attached hydrogen (secondary N) is 1. The Morgan fingerprint density at radius 3 is 2.85 bits per heavy atom. The second-order valence-electron chi connectivity index (χ2n) is 4.74. The standard InChI is InChI=1S/C14H19ClN4O/c1-10(20-13-5-3-4-11(15)8-13)14(17-16)9-12-6-7-19(2)18-12/h3-8,10,14,17H,9,16H2,1-2H3. The molecule has 1 aromatic heterocycles. The summed E-state index contributed by atoms with van der Waals surface area (Å²) < 4.78 is 7.63. The summed E-state index contributed by atoms with van der Waals surface area (Å²) in [5.74, 6) is 6.35. The number of ether oxygens (including phenoxy) is 1. The molecule has 0 aliphatic heterocycles. The Labute approximate surface area is 123 Å². The lowest BCUT2D eigenvalue weighted by molar-refractivity contribution is 0.169. The average Bonchev–Trinajstić information content (AvgIpc) is 2.81. The summed E-state index contributed by atoms with van der Waals surface area (Å²) in [5, 5.41) is 5.00. The van der Waals surface area contributed by atoms with Gasteiger partial charge in [-0.1, -0.05) is 17.7 Å². The quantitative estimate of drug-likeness (QED) is 0.631. The van der Waals surface area contributed by atoms with E-state index >= 15 is 0 Å². The summed E-state index contributed by atoms with van der Waals surface area (Å²) in [4.78, 5) is 0. The molecule has 0 saturated carbocycles. The molecule has 2 unspecified atom stereocenters. The van der Waals surface area contributed by atoms with Crippen LogP contribution in [-0.4, -0.2) is 21.9 Å². The van der Waals surface area contributed by atoms with Gasteiger partial charge in [0.2, 0.25) is 0 Å². The largest absolute Gasteiger partial charge is 0.489 e. The lowest BCUT2D eigenvalue weighted by Gasteiger charge is -2.23. The molecule has 0 spiro atoms. The number of hydrazine groups is 1. The van der Waals surface area contributed by atoms with Crippen LogP contribution in [0.4, 0.5) is 0 Å². The number of hydrogen-bond acceptors (Lipinski definition) is 4. The minimum Gasteiger partial charge on any atom is -0.489 e. The zero-order valence-electron chi connectivity index (χ0n) is 11.6. The van der Waals surface area contributed by atoms with E-state index in [2.05, 4.69) is 10.5 Å². The van der Waals surface area contributed by atoms with Gasteiger partial charge >= 0.3 is 0 Å². The number of aryl methyl sites for hydroxylation is 1. The highest BCUT2D eigenvalue weighted by Crippen LogP contribution is 2.19. The van der Waals surface area contributed by atoms with Gasteiger partial charge in [0.15, 0.2) is 0 Å². The molecule has 2 aromatic rings. The van der Waals surface area contributed by atoms with Crippen LogP contribution < -0.4 is 16.0 Å². The smallest absolute Gasteiger partial charge is 0.121 e. The van der Waals surface area contributed by atoms with Gasteiger partial charge in [0.05, 0.1) is 11.7 Å². The summed E-state index contributed by atoms with van der Waals surface area (Å²) in [7, 11) is 1.89. The Hall–Kier alpha value is -1.56. The molecule has 0 bridgehead atoms. The maximum atomic E-state index is 5.94. The van der Waals surface area contributed by atoms with Gasteiger partial charge in [0, 0.05) is 24.7 Å². The molecule has 6 heteroatoms. The summed E-state index contributed by atoms with van der Waals surface area (Å²) in [6.45, 7) is 1.97. The molecule has 1 heterocycles. The van der Waals surface area contributed by atoms with Gasteiger partial charge in [-0.05, 0) is 31.2 Å². The molecule has 0 amide bonds. The first kappa shape index (κ1) is 14.8. The van der Waals surface area contributed by atoms with Gasteiger partial charge in [0.1, 0.15) is 11.9 Å². The molecule has 1 aromatic carbocycles. The Kier molecular flexibility index (Phi) is 5.00. The number of nitrogens with two attached hydrogens (primary N) is 1. The highest BCUT2D eigenvalue weighted by atomic mass is 35.5. The van der Waals surface area contributed by atoms with Crippen molar-refractivity contribution in [3.8, 4) is 5.75 Å². The van der Waals surface area contributed by atoms with E-state index in [0.717, 1.165) is 11.4 Å². The van der Waals surface area contributed by atoms with E-state index in [1.165, 1.54) is 0 Å². The van der Waals surface area contributed by atoms with Crippen molar-refractivity contribution >= 4 is 11.6 Å². The van der Waals surface area contributed by atoms with Crippen LogP contribution in [0, 0.1) is 0 Å².